The summed E-state index contributed by atoms with van der Waals surface area (Å²) >= 11 is 7.45. The van der Waals surface area contributed by atoms with Crippen LogP contribution in [0.3, 0.4) is 0 Å². The molecular formula is C12H12ClN3OS. The summed E-state index contributed by atoms with van der Waals surface area (Å²) in [5, 5.41) is 0.232. The highest BCUT2D eigenvalue weighted by Gasteiger charge is 2.16. The number of aryl methyl sites for hydroxylation is 1. The second-order valence-corrected chi connectivity index (χ2v) is 5.16. The molecule has 4 nitrogen and oxygen atoms in total. The minimum absolute atomic E-state index is 0.138. The number of carbonyl (C=O) groups excluding carboxylic acids is 1. The van der Waals surface area contributed by atoms with Crippen LogP contribution in [0.2, 0.25) is 5.15 Å². The van der Waals surface area contributed by atoms with E-state index in [-0.39, 0.29) is 11.1 Å². The molecule has 0 aromatic carbocycles. The minimum Gasteiger partial charge on any atom is -0.336 e. The van der Waals surface area contributed by atoms with Crippen molar-refractivity contribution < 1.29 is 4.79 Å². The van der Waals surface area contributed by atoms with Crippen molar-refractivity contribution in [3.8, 4) is 0 Å². The lowest BCUT2D eigenvalue weighted by atomic mass is 10.2. The van der Waals surface area contributed by atoms with Gasteiger partial charge in [-0.1, -0.05) is 11.6 Å². The van der Waals surface area contributed by atoms with Crippen LogP contribution in [-0.4, -0.2) is 27.8 Å². The molecule has 1 amide bonds. The van der Waals surface area contributed by atoms with Crippen LogP contribution in [0.1, 0.15) is 20.9 Å². The van der Waals surface area contributed by atoms with Crippen molar-refractivity contribution in [2.24, 2.45) is 0 Å². The predicted molar refractivity (Wildman–Crippen MR) is 71.9 cm³/mol. The van der Waals surface area contributed by atoms with Gasteiger partial charge in [0.25, 0.3) is 5.91 Å². The van der Waals surface area contributed by atoms with Crippen LogP contribution in [0, 0.1) is 6.92 Å². The van der Waals surface area contributed by atoms with Crippen LogP contribution in [0.15, 0.2) is 23.8 Å². The van der Waals surface area contributed by atoms with Gasteiger partial charge in [-0.3, -0.25) is 4.79 Å². The zero-order chi connectivity index (χ0) is 13.1. The van der Waals surface area contributed by atoms with E-state index >= 15 is 0 Å². The first-order chi connectivity index (χ1) is 8.59. The number of nitrogens with zero attached hydrogens (tertiary/aromatic N) is 3. The van der Waals surface area contributed by atoms with Crippen molar-refractivity contribution in [3.05, 3.63) is 45.1 Å². The third-order valence-corrected chi connectivity index (χ3v) is 3.78. The van der Waals surface area contributed by atoms with Gasteiger partial charge in [-0.25, -0.2) is 9.97 Å². The molecule has 0 fully saturated rings. The number of thiazole rings is 1. The molecule has 0 spiro atoms. The summed E-state index contributed by atoms with van der Waals surface area (Å²) in [5.74, 6) is -0.138. The lowest BCUT2D eigenvalue weighted by molar-refractivity contribution is 0.0786. The van der Waals surface area contributed by atoms with Crippen molar-refractivity contribution in [1.82, 2.24) is 14.9 Å². The molecular weight excluding hydrogens is 270 g/mol. The maximum Gasteiger partial charge on any atom is 0.257 e. The predicted octanol–water partition coefficient (Wildman–Crippen LogP) is 2.77. The van der Waals surface area contributed by atoms with Gasteiger partial charge in [0.2, 0.25) is 0 Å². The van der Waals surface area contributed by atoms with Gasteiger partial charge in [0.1, 0.15) is 5.15 Å². The number of pyridine rings is 1. The van der Waals surface area contributed by atoms with E-state index in [1.54, 1.807) is 47.1 Å². The van der Waals surface area contributed by atoms with Gasteiger partial charge in [0, 0.05) is 18.1 Å². The van der Waals surface area contributed by atoms with E-state index in [9.17, 15) is 4.79 Å². The van der Waals surface area contributed by atoms with Crippen molar-refractivity contribution in [1.29, 1.82) is 0 Å². The molecule has 2 aromatic rings. The fourth-order valence-corrected chi connectivity index (χ4v) is 2.55. The quantitative estimate of drug-likeness (QED) is 0.813. The van der Waals surface area contributed by atoms with E-state index in [1.165, 1.54) is 0 Å². The van der Waals surface area contributed by atoms with Crippen LogP contribution >= 0.6 is 22.9 Å². The number of aromatic nitrogens is 2. The maximum atomic E-state index is 12.2. The summed E-state index contributed by atoms with van der Waals surface area (Å²) in [6.45, 7) is 2.46. The standard InChI is InChI=1S/C12H12ClN3OS/c1-8-10(18-7-15-8)6-16(2)12(17)9-4-3-5-14-11(9)13/h3-5,7H,6H2,1-2H3. The Morgan fingerprint density at radius 1 is 1.50 bits per heavy atom. The maximum absolute atomic E-state index is 12.2. The van der Waals surface area contributed by atoms with Crippen LogP contribution < -0.4 is 0 Å². The fourth-order valence-electron chi connectivity index (χ4n) is 1.52. The van der Waals surface area contributed by atoms with E-state index < -0.39 is 0 Å². The van der Waals surface area contributed by atoms with Gasteiger partial charge < -0.3 is 4.90 Å². The summed E-state index contributed by atoms with van der Waals surface area (Å²) in [5.41, 5.74) is 3.15. The van der Waals surface area contributed by atoms with Crippen molar-refractivity contribution in [3.63, 3.8) is 0 Å². The van der Waals surface area contributed by atoms with E-state index in [0.717, 1.165) is 10.6 Å². The molecule has 94 valence electrons. The summed E-state index contributed by atoms with van der Waals surface area (Å²) in [6.07, 6.45) is 1.56. The van der Waals surface area contributed by atoms with Gasteiger partial charge in [0.05, 0.1) is 23.3 Å². The normalized spacial score (nSPS) is 10.4. The van der Waals surface area contributed by atoms with Gasteiger partial charge in [-0.05, 0) is 19.1 Å². The Morgan fingerprint density at radius 2 is 2.28 bits per heavy atom. The molecule has 0 atom stereocenters. The van der Waals surface area contributed by atoms with Crippen molar-refractivity contribution in [2.45, 2.75) is 13.5 Å². The first-order valence-electron chi connectivity index (χ1n) is 5.34. The highest BCUT2D eigenvalue weighted by molar-refractivity contribution is 7.09. The highest BCUT2D eigenvalue weighted by atomic mass is 35.5. The molecule has 6 heteroatoms. The van der Waals surface area contributed by atoms with Crippen LogP contribution in [0.5, 0.6) is 0 Å². The van der Waals surface area contributed by atoms with E-state index in [2.05, 4.69) is 9.97 Å². The molecule has 0 N–H and O–H groups in total. The summed E-state index contributed by atoms with van der Waals surface area (Å²) in [4.78, 5) is 22.9. The molecule has 2 aromatic heterocycles. The highest BCUT2D eigenvalue weighted by Crippen LogP contribution is 2.18. The molecule has 0 aliphatic heterocycles. The Labute approximate surface area is 114 Å². The van der Waals surface area contributed by atoms with Crippen molar-refractivity contribution in [2.75, 3.05) is 7.05 Å². The molecule has 2 heterocycles. The second-order valence-electron chi connectivity index (χ2n) is 3.86. The van der Waals surface area contributed by atoms with Gasteiger partial charge in [-0.2, -0.15) is 0 Å². The topological polar surface area (TPSA) is 46.1 Å². The van der Waals surface area contributed by atoms with Crippen LogP contribution in [0.4, 0.5) is 0 Å². The summed E-state index contributed by atoms with van der Waals surface area (Å²) in [6, 6.07) is 3.37. The number of rotatable bonds is 3. The molecule has 2 rings (SSSR count). The van der Waals surface area contributed by atoms with E-state index in [0.29, 0.717) is 12.1 Å². The zero-order valence-corrected chi connectivity index (χ0v) is 11.6. The second kappa shape index (κ2) is 5.46. The van der Waals surface area contributed by atoms with Crippen LogP contribution in [-0.2, 0) is 6.54 Å². The number of amides is 1. The molecule has 18 heavy (non-hydrogen) atoms. The Hall–Kier alpha value is -1.46. The number of halogens is 1. The van der Waals surface area contributed by atoms with E-state index in [1.807, 2.05) is 6.92 Å². The van der Waals surface area contributed by atoms with Crippen molar-refractivity contribution >= 4 is 28.8 Å². The molecule has 0 saturated carbocycles. The monoisotopic (exact) mass is 281 g/mol. The smallest absolute Gasteiger partial charge is 0.257 e. The Kier molecular flexibility index (Phi) is 3.93. The average Bonchev–Trinajstić information content (AvgIpc) is 2.75. The minimum atomic E-state index is -0.138. The third-order valence-electron chi connectivity index (χ3n) is 2.56. The zero-order valence-electron chi connectivity index (χ0n) is 10.1. The molecule has 0 saturated heterocycles. The largest absolute Gasteiger partial charge is 0.336 e. The SMILES string of the molecule is Cc1ncsc1CN(C)C(=O)c1cccnc1Cl. The lowest BCUT2D eigenvalue weighted by Gasteiger charge is -2.16. The first kappa shape index (κ1) is 13.0. The fraction of sp³-hybridized carbons (Fsp3) is 0.250. The molecule has 0 aliphatic carbocycles. The number of hydrogen-bond acceptors (Lipinski definition) is 4. The van der Waals surface area contributed by atoms with E-state index in [4.69, 9.17) is 11.6 Å². The first-order valence-corrected chi connectivity index (χ1v) is 6.60. The number of hydrogen-bond donors (Lipinski definition) is 0. The van der Waals surface area contributed by atoms with Gasteiger partial charge in [-0.15, -0.1) is 11.3 Å². The Balaban J connectivity index is 2.15. The average molecular weight is 282 g/mol. The molecule has 0 unspecified atom stereocenters. The molecule has 0 bridgehead atoms. The molecule has 0 aliphatic rings. The summed E-state index contributed by atoms with van der Waals surface area (Å²) in [7, 11) is 1.74. The third kappa shape index (κ3) is 2.68. The number of carbonyl (C=O) groups is 1. The lowest BCUT2D eigenvalue weighted by Crippen LogP contribution is -2.26. The summed E-state index contributed by atoms with van der Waals surface area (Å²) < 4.78 is 0. The molecule has 0 radical (unpaired) electrons. The Bertz CT molecular complexity index is 570. The van der Waals surface area contributed by atoms with Gasteiger partial charge in [0.15, 0.2) is 0 Å². The van der Waals surface area contributed by atoms with Gasteiger partial charge >= 0.3 is 0 Å². The van der Waals surface area contributed by atoms with Crippen LogP contribution in [0.25, 0.3) is 0 Å². The Morgan fingerprint density at radius 3 is 2.89 bits per heavy atom.